The Hall–Kier alpha value is -1.75. The number of ketones is 1. The van der Waals surface area contributed by atoms with Gasteiger partial charge in [-0.05, 0) is 13.3 Å². The zero-order valence-corrected chi connectivity index (χ0v) is 34.4. The molecule has 1 heterocycles. The third-order valence-electron chi connectivity index (χ3n) is 7.26. The average Bonchev–Trinajstić information content (AvgIpc) is 3.65. The number of Topliss-reactive ketones (excluding diaryl/α,β-unsaturated/α-hetero) is 1. The van der Waals surface area contributed by atoms with E-state index in [1.165, 1.54) is 12.8 Å². The molecule has 0 saturated heterocycles. The van der Waals surface area contributed by atoms with E-state index >= 15 is 0 Å². The number of carbonyl (C=O) groups is 1. The standard InChI is InChI=1S/C38H73N3O15/c1-3-4-5-7-41-35-38(39-40-41)36-56-34-33-55-32-31-54-30-29-53-28-27-52-26-25-51-24-23-50-22-21-49-20-19-48-18-17-47-16-15-46-14-13-45-12-11-44-10-9-43-8-6-37(2)42/h35H,3-34,36H2,1-2H3. The van der Waals surface area contributed by atoms with E-state index in [-0.39, 0.29) is 5.78 Å². The highest BCUT2D eigenvalue weighted by atomic mass is 16.6. The second-order valence-electron chi connectivity index (χ2n) is 12.1. The number of carbonyl (C=O) groups excluding carboxylic acids is 1. The van der Waals surface area contributed by atoms with Gasteiger partial charge in [0.1, 0.15) is 11.5 Å². The second-order valence-corrected chi connectivity index (χ2v) is 12.1. The number of aromatic nitrogens is 3. The molecule has 0 amide bonds. The Bertz CT molecular complexity index is 935. The smallest absolute Gasteiger partial charge is 0.132 e. The van der Waals surface area contributed by atoms with Crippen LogP contribution in [0.2, 0.25) is 0 Å². The van der Waals surface area contributed by atoms with E-state index in [0.29, 0.717) is 191 Å². The van der Waals surface area contributed by atoms with Crippen LogP contribution in [0.4, 0.5) is 0 Å². The fourth-order valence-electron chi connectivity index (χ4n) is 4.29. The second kappa shape index (κ2) is 44.4. The quantitative estimate of drug-likeness (QED) is 0.0875. The molecule has 18 nitrogen and oxygen atoms in total. The summed E-state index contributed by atoms with van der Waals surface area (Å²) in [6.07, 6.45) is 5.88. The van der Waals surface area contributed by atoms with Crippen LogP contribution < -0.4 is 0 Å². The van der Waals surface area contributed by atoms with Crippen molar-refractivity contribution >= 4 is 5.78 Å². The van der Waals surface area contributed by atoms with Crippen molar-refractivity contribution in [1.82, 2.24) is 15.0 Å². The summed E-state index contributed by atoms with van der Waals surface area (Å²) in [6.45, 7) is 18.4. The van der Waals surface area contributed by atoms with Crippen LogP contribution in [0.1, 0.15) is 45.2 Å². The monoisotopic (exact) mass is 812 g/mol. The van der Waals surface area contributed by atoms with E-state index in [1.807, 2.05) is 10.9 Å². The van der Waals surface area contributed by atoms with Crippen LogP contribution in [0.5, 0.6) is 0 Å². The van der Waals surface area contributed by atoms with Crippen LogP contribution in [0.15, 0.2) is 6.20 Å². The molecule has 1 aromatic heterocycles. The molecule has 0 aromatic carbocycles. The topological polar surface area (TPSA) is 177 Å². The average molecular weight is 812 g/mol. The van der Waals surface area contributed by atoms with Gasteiger partial charge in [-0.15, -0.1) is 5.10 Å². The summed E-state index contributed by atoms with van der Waals surface area (Å²) < 4.78 is 78.5. The summed E-state index contributed by atoms with van der Waals surface area (Å²) in [6, 6.07) is 0. The lowest BCUT2D eigenvalue weighted by Crippen LogP contribution is -2.15. The number of ether oxygens (including phenoxy) is 14. The van der Waals surface area contributed by atoms with Crippen molar-refractivity contribution in [1.29, 1.82) is 0 Å². The van der Waals surface area contributed by atoms with E-state index in [2.05, 4.69) is 17.2 Å². The fourth-order valence-corrected chi connectivity index (χ4v) is 4.29. The summed E-state index contributed by atoms with van der Waals surface area (Å²) >= 11 is 0. The highest BCUT2D eigenvalue weighted by Gasteiger charge is 2.02. The lowest BCUT2D eigenvalue weighted by Gasteiger charge is -2.09. The first-order chi connectivity index (χ1) is 27.7. The molecular formula is C38H73N3O15. The van der Waals surface area contributed by atoms with Gasteiger partial charge in [0.05, 0.1) is 191 Å². The third-order valence-corrected chi connectivity index (χ3v) is 7.26. The molecule has 18 heteroatoms. The van der Waals surface area contributed by atoms with Crippen molar-refractivity contribution in [2.45, 2.75) is 52.7 Å². The molecule has 1 rings (SSSR count). The highest BCUT2D eigenvalue weighted by Crippen LogP contribution is 2.00. The lowest BCUT2D eigenvalue weighted by atomic mass is 10.2. The minimum Gasteiger partial charge on any atom is -0.379 e. The number of aryl methyl sites for hydroxylation is 1. The number of unbranched alkanes of at least 4 members (excludes halogenated alkanes) is 2. The summed E-state index contributed by atoms with van der Waals surface area (Å²) in [5.41, 5.74) is 0.836. The fraction of sp³-hybridized carbons (Fsp3) is 0.921. The summed E-state index contributed by atoms with van der Waals surface area (Å²) in [5, 5.41) is 8.25. The summed E-state index contributed by atoms with van der Waals surface area (Å²) in [7, 11) is 0. The molecule has 0 spiro atoms. The highest BCUT2D eigenvalue weighted by molar-refractivity contribution is 5.75. The van der Waals surface area contributed by atoms with E-state index in [0.717, 1.165) is 18.7 Å². The van der Waals surface area contributed by atoms with Gasteiger partial charge in [-0.3, -0.25) is 9.48 Å². The molecular weight excluding hydrogens is 738 g/mol. The van der Waals surface area contributed by atoms with Gasteiger partial charge in [0, 0.05) is 13.0 Å². The van der Waals surface area contributed by atoms with Crippen LogP contribution in [-0.2, 0) is 84.3 Å². The van der Waals surface area contributed by atoms with E-state index in [1.54, 1.807) is 6.92 Å². The van der Waals surface area contributed by atoms with Crippen LogP contribution in [0.25, 0.3) is 0 Å². The third kappa shape index (κ3) is 40.4. The van der Waals surface area contributed by atoms with Crippen molar-refractivity contribution in [3.05, 3.63) is 11.9 Å². The van der Waals surface area contributed by atoms with Crippen LogP contribution >= 0.6 is 0 Å². The number of hydrogen-bond acceptors (Lipinski definition) is 17. The largest absolute Gasteiger partial charge is 0.379 e. The Balaban J connectivity index is 1.63. The molecule has 0 saturated carbocycles. The first-order valence-corrected chi connectivity index (χ1v) is 20.2. The van der Waals surface area contributed by atoms with Gasteiger partial charge in [-0.1, -0.05) is 25.0 Å². The number of hydrogen-bond donors (Lipinski definition) is 0. The predicted molar refractivity (Wildman–Crippen MR) is 205 cm³/mol. The van der Waals surface area contributed by atoms with Crippen LogP contribution in [-0.4, -0.2) is 199 Å². The predicted octanol–water partition coefficient (Wildman–Crippen LogP) is 2.18. The lowest BCUT2D eigenvalue weighted by molar-refractivity contribution is -0.118. The van der Waals surface area contributed by atoms with Gasteiger partial charge in [0.15, 0.2) is 0 Å². The van der Waals surface area contributed by atoms with Gasteiger partial charge in [-0.2, -0.15) is 0 Å². The minimum atomic E-state index is 0.124. The maximum atomic E-state index is 10.8. The molecule has 0 radical (unpaired) electrons. The van der Waals surface area contributed by atoms with Gasteiger partial charge in [0.2, 0.25) is 0 Å². The van der Waals surface area contributed by atoms with E-state index < -0.39 is 0 Å². The molecule has 1 aromatic rings. The SMILES string of the molecule is CCCCCn1cc(COCCOCCOCCOCCOCCOCCOCCOCCOCCOCCOCCOCCOCCOCCC(C)=O)nn1. The zero-order chi connectivity index (χ0) is 40.1. The van der Waals surface area contributed by atoms with Gasteiger partial charge >= 0.3 is 0 Å². The van der Waals surface area contributed by atoms with Crippen molar-refractivity contribution in [3.63, 3.8) is 0 Å². The Morgan fingerprint density at radius 2 is 0.732 bits per heavy atom. The van der Waals surface area contributed by atoms with Crippen molar-refractivity contribution in [2.75, 3.05) is 178 Å². The first kappa shape index (κ1) is 52.3. The van der Waals surface area contributed by atoms with Crippen molar-refractivity contribution < 1.29 is 71.1 Å². The molecule has 0 N–H and O–H groups in total. The number of rotatable bonds is 48. The minimum absolute atomic E-state index is 0.124. The first-order valence-electron chi connectivity index (χ1n) is 20.2. The molecule has 330 valence electrons. The zero-order valence-electron chi connectivity index (χ0n) is 34.4. The molecule has 0 atom stereocenters. The molecule has 0 aliphatic rings. The van der Waals surface area contributed by atoms with Crippen molar-refractivity contribution in [3.8, 4) is 0 Å². The normalized spacial score (nSPS) is 11.6. The molecule has 0 aliphatic carbocycles. The molecule has 0 bridgehead atoms. The van der Waals surface area contributed by atoms with E-state index in [9.17, 15) is 4.79 Å². The summed E-state index contributed by atoms with van der Waals surface area (Å²) in [5.74, 6) is 0.124. The Morgan fingerprint density at radius 1 is 0.446 bits per heavy atom. The maximum absolute atomic E-state index is 10.8. The Labute approximate surface area is 334 Å². The Kier molecular flexibility index (Phi) is 41.4. The summed E-state index contributed by atoms with van der Waals surface area (Å²) in [4.78, 5) is 10.8. The molecule has 0 aliphatic heterocycles. The molecule has 0 unspecified atom stereocenters. The van der Waals surface area contributed by atoms with E-state index in [4.69, 9.17) is 66.3 Å². The van der Waals surface area contributed by atoms with Crippen LogP contribution in [0.3, 0.4) is 0 Å². The van der Waals surface area contributed by atoms with Gasteiger partial charge in [-0.25, -0.2) is 0 Å². The van der Waals surface area contributed by atoms with Gasteiger partial charge in [0.25, 0.3) is 0 Å². The molecule has 0 fully saturated rings. The maximum Gasteiger partial charge on any atom is 0.132 e. The van der Waals surface area contributed by atoms with Crippen LogP contribution in [0, 0.1) is 0 Å². The van der Waals surface area contributed by atoms with Gasteiger partial charge < -0.3 is 66.3 Å². The Morgan fingerprint density at radius 3 is 1.02 bits per heavy atom. The number of nitrogens with zero attached hydrogens (tertiary/aromatic N) is 3. The molecule has 56 heavy (non-hydrogen) atoms. The van der Waals surface area contributed by atoms with Crippen molar-refractivity contribution in [2.24, 2.45) is 0 Å².